The summed E-state index contributed by atoms with van der Waals surface area (Å²) in [7, 11) is 3.06. The lowest BCUT2D eigenvalue weighted by Crippen LogP contribution is -2.48. The van der Waals surface area contributed by atoms with E-state index >= 15 is 0 Å². The van der Waals surface area contributed by atoms with E-state index in [1.807, 2.05) is 4.90 Å². The molecule has 2 aromatic rings. The van der Waals surface area contributed by atoms with Gasteiger partial charge in [0.05, 0.1) is 19.8 Å². The van der Waals surface area contributed by atoms with E-state index in [1.165, 1.54) is 13.2 Å². The molecule has 1 aliphatic rings. The molecule has 0 saturated carbocycles. The Kier molecular flexibility index (Phi) is 5.91. The molecule has 3 rings (SSSR count). The summed E-state index contributed by atoms with van der Waals surface area (Å²) in [6, 6.07) is 9.28. The molecule has 0 radical (unpaired) electrons. The quantitative estimate of drug-likeness (QED) is 0.805. The number of ether oxygens (including phenoxy) is 2. The van der Waals surface area contributed by atoms with Crippen LogP contribution in [0, 0.1) is 11.6 Å². The molecule has 1 aliphatic heterocycles. The molecule has 144 valence electrons. The first kappa shape index (κ1) is 19.1. The number of halogens is 2. The maximum absolute atomic E-state index is 13.8. The maximum Gasteiger partial charge on any atom is 0.257 e. The van der Waals surface area contributed by atoms with E-state index in [-0.39, 0.29) is 5.91 Å². The van der Waals surface area contributed by atoms with Gasteiger partial charge in [-0.2, -0.15) is 0 Å². The highest BCUT2D eigenvalue weighted by Gasteiger charge is 2.25. The third kappa shape index (κ3) is 4.19. The molecule has 0 atom stereocenters. The Hall–Kier alpha value is -2.67. The van der Waals surface area contributed by atoms with Crippen molar-refractivity contribution in [2.24, 2.45) is 0 Å². The van der Waals surface area contributed by atoms with Crippen LogP contribution in [-0.2, 0) is 6.54 Å². The van der Waals surface area contributed by atoms with Gasteiger partial charge in [-0.1, -0.05) is 12.1 Å². The minimum atomic E-state index is -0.840. The summed E-state index contributed by atoms with van der Waals surface area (Å²) in [5.74, 6) is -0.688. The largest absolute Gasteiger partial charge is 0.497 e. The van der Waals surface area contributed by atoms with Crippen LogP contribution in [0.3, 0.4) is 0 Å². The van der Waals surface area contributed by atoms with Gasteiger partial charge in [-0.3, -0.25) is 9.69 Å². The molecule has 0 aromatic heterocycles. The van der Waals surface area contributed by atoms with Gasteiger partial charge in [0.25, 0.3) is 5.91 Å². The lowest BCUT2D eigenvalue weighted by atomic mass is 10.1. The van der Waals surface area contributed by atoms with E-state index in [2.05, 4.69) is 0 Å². The van der Waals surface area contributed by atoms with Crippen LogP contribution in [0.25, 0.3) is 0 Å². The summed E-state index contributed by atoms with van der Waals surface area (Å²) >= 11 is 0. The first-order valence-corrected chi connectivity index (χ1v) is 8.70. The molecule has 1 saturated heterocycles. The standard InChI is InChI=1S/C20H22F2N2O3/c1-26-15-6-7-16(18(12-15)27-2)20(25)24-10-8-23(9-11-24)13-14-4-3-5-17(21)19(14)22/h3-7,12H,8-11,13H2,1-2H3. The molecule has 5 nitrogen and oxygen atoms in total. The molecule has 0 spiro atoms. The predicted molar refractivity (Wildman–Crippen MR) is 97.1 cm³/mol. The van der Waals surface area contributed by atoms with Gasteiger partial charge in [0.15, 0.2) is 11.6 Å². The van der Waals surface area contributed by atoms with Crippen molar-refractivity contribution < 1.29 is 23.0 Å². The Morgan fingerprint density at radius 3 is 2.44 bits per heavy atom. The number of benzene rings is 2. The number of hydrogen-bond acceptors (Lipinski definition) is 4. The van der Waals surface area contributed by atoms with Crippen molar-refractivity contribution in [2.45, 2.75) is 6.54 Å². The number of amides is 1. The zero-order valence-corrected chi connectivity index (χ0v) is 15.4. The number of carbonyl (C=O) groups excluding carboxylic acids is 1. The average Bonchev–Trinajstić information content (AvgIpc) is 2.71. The van der Waals surface area contributed by atoms with E-state index in [4.69, 9.17) is 9.47 Å². The first-order chi connectivity index (χ1) is 13.0. The smallest absolute Gasteiger partial charge is 0.257 e. The van der Waals surface area contributed by atoms with Crippen LogP contribution in [0.5, 0.6) is 11.5 Å². The fraction of sp³-hybridized carbons (Fsp3) is 0.350. The van der Waals surface area contributed by atoms with Crippen LogP contribution < -0.4 is 9.47 Å². The van der Waals surface area contributed by atoms with E-state index in [1.54, 1.807) is 36.3 Å². The Labute approximate surface area is 157 Å². The van der Waals surface area contributed by atoms with Gasteiger partial charge in [-0.15, -0.1) is 0 Å². The number of nitrogens with zero attached hydrogens (tertiary/aromatic N) is 2. The van der Waals surface area contributed by atoms with Crippen LogP contribution in [0.2, 0.25) is 0 Å². The first-order valence-electron chi connectivity index (χ1n) is 8.70. The second kappa shape index (κ2) is 8.35. The fourth-order valence-electron chi connectivity index (χ4n) is 3.17. The van der Waals surface area contributed by atoms with E-state index < -0.39 is 11.6 Å². The third-order valence-electron chi connectivity index (χ3n) is 4.72. The van der Waals surface area contributed by atoms with Crippen molar-refractivity contribution in [3.63, 3.8) is 0 Å². The van der Waals surface area contributed by atoms with Gasteiger partial charge in [-0.25, -0.2) is 8.78 Å². The monoisotopic (exact) mass is 376 g/mol. The molecule has 0 N–H and O–H groups in total. The highest BCUT2D eigenvalue weighted by Crippen LogP contribution is 2.26. The zero-order valence-electron chi connectivity index (χ0n) is 15.4. The van der Waals surface area contributed by atoms with Gasteiger partial charge in [-0.05, 0) is 18.2 Å². The van der Waals surface area contributed by atoms with Crippen LogP contribution in [0.1, 0.15) is 15.9 Å². The lowest BCUT2D eigenvalue weighted by molar-refractivity contribution is 0.0623. The number of carbonyl (C=O) groups is 1. The average molecular weight is 376 g/mol. The zero-order chi connectivity index (χ0) is 19.4. The molecule has 1 fully saturated rings. The van der Waals surface area contributed by atoms with Gasteiger partial charge in [0.1, 0.15) is 11.5 Å². The summed E-state index contributed by atoms with van der Waals surface area (Å²) < 4.78 is 37.7. The van der Waals surface area contributed by atoms with Crippen molar-refractivity contribution in [3.05, 3.63) is 59.2 Å². The predicted octanol–water partition coefficient (Wildman–Crippen LogP) is 2.94. The number of methoxy groups -OCH3 is 2. The van der Waals surface area contributed by atoms with Crippen LogP contribution >= 0.6 is 0 Å². The molecule has 1 amide bonds. The molecule has 0 bridgehead atoms. The Balaban J connectivity index is 1.63. The number of piperazine rings is 1. The lowest BCUT2D eigenvalue weighted by Gasteiger charge is -2.35. The molecule has 1 heterocycles. The summed E-state index contributed by atoms with van der Waals surface area (Å²) in [6.45, 7) is 2.49. The van der Waals surface area contributed by atoms with Crippen molar-refractivity contribution in [1.29, 1.82) is 0 Å². The summed E-state index contributed by atoms with van der Waals surface area (Å²) in [5, 5.41) is 0. The van der Waals surface area contributed by atoms with Gasteiger partial charge in [0.2, 0.25) is 0 Å². The SMILES string of the molecule is COc1ccc(C(=O)N2CCN(Cc3cccc(F)c3F)CC2)c(OC)c1. The maximum atomic E-state index is 13.8. The second-order valence-electron chi connectivity index (χ2n) is 6.35. The summed E-state index contributed by atoms with van der Waals surface area (Å²) in [5.41, 5.74) is 0.800. The molecule has 0 aliphatic carbocycles. The molecular weight excluding hydrogens is 354 g/mol. The third-order valence-corrected chi connectivity index (χ3v) is 4.72. The summed E-state index contributed by atoms with van der Waals surface area (Å²) in [6.07, 6.45) is 0. The number of hydrogen-bond donors (Lipinski definition) is 0. The van der Waals surface area contributed by atoms with E-state index in [0.29, 0.717) is 55.3 Å². The minimum Gasteiger partial charge on any atom is -0.497 e. The second-order valence-corrected chi connectivity index (χ2v) is 6.35. The van der Waals surface area contributed by atoms with Gasteiger partial charge in [0, 0.05) is 44.4 Å². The minimum absolute atomic E-state index is 0.119. The van der Waals surface area contributed by atoms with Crippen molar-refractivity contribution >= 4 is 5.91 Å². The Bertz CT molecular complexity index is 821. The van der Waals surface area contributed by atoms with Crippen molar-refractivity contribution in [3.8, 4) is 11.5 Å². The molecule has 7 heteroatoms. The molecular formula is C20H22F2N2O3. The van der Waals surface area contributed by atoms with Crippen LogP contribution in [-0.4, -0.2) is 56.1 Å². The fourth-order valence-corrected chi connectivity index (χ4v) is 3.17. The highest BCUT2D eigenvalue weighted by molar-refractivity contribution is 5.97. The van der Waals surface area contributed by atoms with Crippen molar-refractivity contribution in [2.75, 3.05) is 40.4 Å². The van der Waals surface area contributed by atoms with E-state index in [9.17, 15) is 13.6 Å². The Morgan fingerprint density at radius 2 is 1.78 bits per heavy atom. The highest BCUT2D eigenvalue weighted by atomic mass is 19.2. The van der Waals surface area contributed by atoms with Gasteiger partial charge >= 0.3 is 0 Å². The molecule has 27 heavy (non-hydrogen) atoms. The molecule has 0 unspecified atom stereocenters. The molecule has 2 aromatic carbocycles. The normalized spacial score (nSPS) is 14.9. The van der Waals surface area contributed by atoms with Crippen LogP contribution in [0.15, 0.2) is 36.4 Å². The topological polar surface area (TPSA) is 42.0 Å². The van der Waals surface area contributed by atoms with Crippen molar-refractivity contribution in [1.82, 2.24) is 9.80 Å². The Morgan fingerprint density at radius 1 is 1.04 bits per heavy atom. The van der Waals surface area contributed by atoms with Gasteiger partial charge < -0.3 is 14.4 Å². The van der Waals surface area contributed by atoms with E-state index in [0.717, 1.165) is 6.07 Å². The van der Waals surface area contributed by atoms with Crippen LogP contribution in [0.4, 0.5) is 8.78 Å². The summed E-state index contributed by atoms with van der Waals surface area (Å²) in [4.78, 5) is 16.6. The number of rotatable bonds is 5.